The molecule has 0 saturated heterocycles. The maximum atomic E-state index is 11.4. The smallest absolute Gasteiger partial charge is 0.328 e. The van der Waals surface area contributed by atoms with E-state index < -0.39 is 24.8 Å². The van der Waals surface area contributed by atoms with Gasteiger partial charge < -0.3 is 10.4 Å². The first kappa shape index (κ1) is 10.5. The van der Waals surface area contributed by atoms with Crippen molar-refractivity contribution in [2.24, 2.45) is 0 Å². The summed E-state index contributed by atoms with van der Waals surface area (Å²) in [4.78, 5) is 20.3. The highest BCUT2D eigenvalue weighted by Gasteiger charge is 2.03. The van der Waals surface area contributed by atoms with Gasteiger partial charge in [0.25, 0.3) is 6.43 Å². The van der Waals surface area contributed by atoms with Gasteiger partial charge in [-0.25, -0.2) is 13.6 Å². The highest BCUT2D eigenvalue weighted by molar-refractivity contribution is 5.93. The van der Waals surface area contributed by atoms with Crippen LogP contribution in [0.25, 0.3) is 0 Å². The Morgan fingerprint density at radius 1 is 1.42 bits per heavy atom. The maximum Gasteiger partial charge on any atom is 0.328 e. The number of alkyl halides is 2. The van der Waals surface area contributed by atoms with Gasteiger partial charge in [0.05, 0.1) is 6.54 Å². The highest BCUT2D eigenvalue weighted by atomic mass is 19.3. The van der Waals surface area contributed by atoms with Gasteiger partial charge in [0.1, 0.15) is 0 Å². The van der Waals surface area contributed by atoms with E-state index in [4.69, 9.17) is 5.11 Å². The van der Waals surface area contributed by atoms with Crippen molar-refractivity contribution in [1.82, 2.24) is 5.32 Å². The maximum absolute atomic E-state index is 11.4. The molecule has 12 heavy (non-hydrogen) atoms. The number of carbonyl (C=O) groups is 2. The molecule has 0 aliphatic carbocycles. The van der Waals surface area contributed by atoms with Crippen molar-refractivity contribution < 1.29 is 23.5 Å². The zero-order valence-corrected chi connectivity index (χ0v) is 5.96. The molecule has 4 nitrogen and oxygen atoms in total. The van der Waals surface area contributed by atoms with Crippen LogP contribution in [0.4, 0.5) is 8.78 Å². The molecule has 0 aromatic heterocycles. The molecule has 0 aromatic rings. The van der Waals surface area contributed by atoms with Gasteiger partial charge >= 0.3 is 5.97 Å². The van der Waals surface area contributed by atoms with E-state index in [0.717, 1.165) is 0 Å². The number of carbonyl (C=O) groups excluding carboxylic acids is 1. The molecule has 0 rings (SSSR count). The Bertz CT molecular complexity index is 203. The van der Waals surface area contributed by atoms with Crippen LogP contribution in [-0.2, 0) is 9.59 Å². The summed E-state index contributed by atoms with van der Waals surface area (Å²) >= 11 is 0. The van der Waals surface area contributed by atoms with E-state index in [1.807, 2.05) is 0 Å². The van der Waals surface area contributed by atoms with Gasteiger partial charge in [-0.15, -0.1) is 0 Å². The van der Waals surface area contributed by atoms with Gasteiger partial charge in [-0.05, 0) is 0 Å². The number of rotatable bonds is 4. The lowest BCUT2D eigenvalue weighted by Gasteiger charge is -1.98. The zero-order chi connectivity index (χ0) is 9.56. The van der Waals surface area contributed by atoms with Gasteiger partial charge in [0.2, 0.25) is 5.91 Å². The number of carboxylic acid groups (broad SMARTS) is 1. The minimum atomic E-state index is -2.63. The Morgan fingerprint density at radius 2 is 2.00 bits per heavy atom. The second kappa shape index (κ2) is 5.22. The molecule has 68 valence electrons. The highest BCUT2D eigenvalue weighted by Crippen LogP contribution is 1.87. The molecule has 1 amide bonds. The fourth-order valence-electron chi connectivity index (χ4n) is 0.384. The van der Waals surface area contributed by atoms with E-state index in [1.54, 1.807) is 5.32 Å². The van der Waals surface area contributed by atoms with Crippen LogP contribution < -0.4 is 5.32 Å². The van der Waals surface area contributed by atoms with Gasteiger partial charge in [0.15, 0.2) is 0 Å². The standard InChI is InChI=1S/C6H7F2NO3/c7-4(8)3-9-5(10)1-2-6(11)12/h1-2,4H,3H2,(H,9,10)(H,11,12)/b2-1+. The molecule has 2 N–H and O–H groups in total. The second-order valence-corrected chi connectivity index (χ2v) is 1.81. The molecule has 0 aromatic carbocycles. The van der Waals surface area contributed by atoms with Crippen molar-refractivity contribution in [2.75, 3.05) is 6.54 Å². The normalized spacial score (nSPS) is 10.6. The Labute approximate surface area is 66.9 Å². The molecule has 0 radical (unpaired) electrons. The zero-order valence-electron chi connectivity index (χ0n) is 5.96. The van der Waals surface area contributed by atoms with E-state index >= 15 is 0 Å². The number of nitrogens with one attached hydrogen (secondary N) is 1. The fraction of sp³-hybridized carbons (Fsp3) is 0.333. The minimum Gasteiger partial charge on any atom is -0.478 e. The molecule has 0 atom stereocenters. The van der Waals surface area contributed by atoms with E-state index in [0.29, 0.717) is 12.2 Å². The third-order valence-electron chi connectivity index (χ3n) is 0.808. The summed E-state index contributed by atoms with van der Waals surface area (Å²) in [5, 5.41) is 9.82. The minimum absolute atomic E-state index is 0.570. The third-order valence-corrected chi connectivity index (χ3v) is 0.808. The van der Waals surface area contributed by atoms with E-state index in [-0.39, 0.29) is 0 Å². The molecule has 0 saturated carbocycles. The van der Waals surface area contributed by atoms with E-state index in [9.17, 15) is 18.4 Å². The summed E-state index contributed by atoms with van der Waals surface area (Å²) in [6.45, 7) is -0.775. The fourth-order valence-corrected chi connectivity index (χ4v) is 0.384. The molecule has 6 heteroatoms. The molecule has 0 fully saturated rings. The first-order chi connectivity index (χ1) is 5.52. The van der Waals surface area contributed by atoms with Crippen molar-refractivity contribution in [2.45, 2.75) is 6.43 Å². The van der Waals surface area contributed by atoms with Crippen LogP contribution >= 0.6 is 0 Å². The Balaban J connectivity index is 3.67. The summed E-state index contributed by atoms with van der Waals surface area (Å²) in [5.74, 6) is -2.15. The lowest BCUT2D eigenvalue weighted by Crippen LogP contribution is -2.26. The monoisotopic (exact) mass is 179 g/mol. The van der Waals surface area contributed by atoms with Crippen LogP contribution in [0.2, 0.25) is 0 Å². The van der Waals surface area contributed by atoms with Crippen LogP contribution in [-0.4, -0.2) is 30.0 Å². The summed E-state index contributed by atoms with van der Waals surface area (Å²) < 4.78 is 22.9. The predicted molar refractivity (Wildman–Crippen MR) is 35.8 cm³/mol. The van der Waals surface area contributed by atoms with Crippen molar-refractivity contribution in [3.05, 3.63) is 12.2 Å². The van der Waals surface area contributed by atoms with Gasteiger partial charge in [-0.1, -0.05) is 0 Å². The summed E-state index contributed by atoms with van der Waals surface area (Å²) in [6, 6.07) is 0. The number of aliphatic carboxylic acids is 1. The lowest BCUT2D eigenvalue weighted by molar-refractivity contribution is -0.131. The molecular formula is C6H7F2NO3. The molecule has 0 bridgehead atoms. The first-order valence-corrected chi connectivity index (χ1v) is 2.99. The lowest BCUT2D eigenvalue weighted by atomic mass is 10.4. The van der Waals surface area contributed by atoms with Crippen molar-refractivity contribution in [3.8, 4) is 0 Å². The van der Waals surface area contributed by atoms with Crippen molar-refractivity contribution >= 4 is 11.9 Å². The first-order valence-electron chi connectivity index (χ1n) is 2.99. The topological polar surface area (TPSA) is 66.4 Å². The van der Waals surface area contributed by atoms with E-state index in [2.05, 4.69) is 0 Å². The molecule has 0 spiro atoms. The molecule has 0 aliphatic rings. The molecule has 0 aliphatic heterocycles. The Morgan fingerprint density at radius 3 is 2.42 bits per heavy atom. The summed E-state index contributed by atoms with van der Waals surface area (Å²) in [5.41, 5.74) is 0. The molecule has 0 heterocycles. The number of hydrogen-bond donors (Lipinski definition) is 2. The number of halogens is 2. The van der Waals surface area contributed by atoms with Crippen LogP contribution in [0.3, 0.4) is 0 Å². The summed E-state index contributed by atoms with van der Waals surface area (Å²) in [7, 11) is 0. The van der Waals surface area contributed by atoms with E-state index in [1.165, 1.54) is 0 Å². The second-order valence-electron chi connectivity index (χ2n) is 1.81. The van der Waals surface area contributed by atoms with Crippen LogP contribution in [0.1, 0.15) is 0 Å². The Hall–Kier alpha value is -1.46. The SMILES string of the molecule is O=C(O)/C=C/C(=O)NCC(F)F. The Kier molecular flexibility index (Phi) is 4.59. The number of hydrogen-bond acceptors (Lipinski definition) is 2. The van der Waals surface area contributed by atoms with Crippen LogP contribution in [0.5, 0.6) is 0 Å². The van der Waals surface area contributed by atoms with Gasteiger partial charge in [-0.3, -0.25) is 4.79 Å². The van der Waals surface area contributed by atoms with Gasteiger partial charge in [0, 0.05) is 12.2 Å². The third kappa shape index (κ3) is 6.66. The van der Waals surface area contributed by atoms with Crippen molar-refractivity contribution in [3.63, 3.8) is 0 Å². The number of carboxylic acids is 1. The molecular weight excluding hydrogens is 172 g/mol. The van der Waals surface area contributed by atoms with Crippen LogP contribution in [0.15, 0.2) is 12.2 Å². The average Bonchev–Trinajstić information content (AvgIpc) is 1.96. The van der Waals surface area contributed by atoms with Crippen LogP contribution in [0, 0.1) is 0 Å². The predicted octanol–water partition coefficient (Wildman–Crippen LogP) is 0.00850. The quantitative estimate of drug-likeness (QED) is 0.597. The van der Waals surface area contributed by atoms with Gasteiger partial charge in [-0.2, -0.15) is 0 Å². The van der Waals surface area contributed by atoms with Crippen molar-refractivity contribution in [1.29, 1.82) is 0 Å². The summed E-state index contributed by atoms with van der Waals surface area (Å²) in [6.07, 6.45) is -1.39. The number of amides is 1. The largest absolute Gasteiger partial charge is 0.478 e. The molecule has 0 unspecified atom stereocenters. The average molecular weight is 179 g/mol.